The molecule has 2 aromatic rings. The first-order chi connectivity index (χ1) is 11.5. The highest BCUT2D eigenvalue weighted by Crippen LogP contribution is 2.26. The SMILES string of the molecule is Cc1cc(NC(=O)[C@@H](c2ccccc2)N2CCN(C)C[C@@H]2C)no1. The van der Waals surface area contributed by atoms with E-state index in [9.17, 15) is 4.79 Å². The summed E-state index contributed by atoms with van der Waals surface area (Å²) in [5, 5.41) is 6.77. The average Bonchev–Trinajstić information content (AvgIpc) is 2.96. The van der Waals surface area contributed by atoms with Crippen molar-refractivity contribution in [1.82, 2.24) is 15.0 Å². The van der Waals surface area contributed by atoms with E-state index in [2.05, 4.69) is 34.2 Å². The second-order valence-electron chi connectivity index (χ2n) is 6.47. The van der Waals surface area contributed by atoms with Gasteiger partial charge < -0.3 is 14.7 Å². The molecule has 0 radical (unpaired) electrons. The number of aromatic nitrogens is 1. The van der Waals surface area contributed by atoms with Gasteiger partial charge in [0.1, 0.15) is 11.8 Å². The summed E-state index contributed by atoms with van der Waals surface area (Å²) in [5.74, 6) is 1.06. The number of likely N-dealkylation sites (N-methyl/N-ethyl adjacent to an activating group) is 1. The fraction of sp³-hybridized carbons (Fsp3) is 0.444. The van der Waals surface area contributed by atoms with Crippen molar-refractivity contribution in [1.29, 1.82) is 0 Å². The van der Waals surface area contributed by atoms with Crippen molar-refractivity contribution in [2.75, 3.05) is 32.0 Å². The van der Waals surface area contributed by atoms with Gasteiger partial charge in [-0.1, -0.05) is 35.5 Å². The van der Waals surface area contributed by atoms with Gasteiger partial charge in [-0.2, -0.15) is 0 Å². The Hall–Kier alpha value is -2.18. The van der Waals surface area contributed by atoms with Gasteiger partial charge >= 0.3 is 0 Å². The van der Waals surface area contributed by atoms with E-state index >= 15 is 0 Å². The van der Waals surface area contributed by atoms with E-state index < -0.39 is 0 Å². The van der Waals surface area contributed by atoms with Crippen molar-refractivity contribution in [3.8, 4) is 0 Å². The maximum Gasteiger partial charge on any atom is 0.247 e. The minimum absolute atomic E-state index is 0.0779. The van der Waals surface area contributed by atoms with Crippen LogP contribution in [0.25, 0.3) is 0 Å². The maximum absolute atomic E-state index is 13.0. The number of carbonyl (C=O) groups is 1. The first-order valence-corrected chi connectivity index (χ1v) is 8.28. The van der Waals surface area contributed by atoms with Gasteiger partial charge in [0.15, 0.2) is 5.82 Å². The van der Waals surface area contributed by atoms with Crippen LogP contribution < -0.4 is 5.32 Å². The van der Waals surface area contributed by atoms with Crippen LogP contribution in [0.5, 0.6) is 0 Å². The number of anilines is 1. The zero-order valence-electron chi connectivity index (χ0n) is 14.4. The second-order valence-corrected chi connectivity index (χ2v) is 6.47. The molecule has 128 valence electrons. The summed E-state index contributed by atoms with van der Waals surface area (Å²) in [6, 6.07) is 11.6. The van der Waals surface area contributed by atoms with Crippen molar-refractivity contribution < 1.29 is 9.32 Å². The van der Waals surface area contributed by atoms with Crippen LogP contribution >= 0.6 is 0 Å². The number of benzene rings is 1. The molecule has 1 amide bonds. The molecule has 1 aliphatic rings. The Morgan fingerprint density at radius 3 is 2.71 bits per heavy atom. The van der Waals surface area contributed by atoms with Crippen molar-refractivity contribution >= 4 is 11.7 Å². The molecule has 1 fully saturated rings. The standard InChI is InChI=1S/C18H24N4O2/c1-13-12-21(3)9-10-22(13)17(15-7-5-4-6-8-15)18(23)19-16-11-14(2)24-20-16/h4-8,11,13,17H,9-10,12H2,1-3H3,(H,19,20,23)/t13-,17+/m0/s1. The van der Waals surface area contributed by atoms with E-state index in [4.69, 9.17) is 4.52 Å². The third-order valence-corrected chi connectivity index (χ3v) is 4.46. The van der Waals surface area contributed by atoms with Crippen molar-refractivity contribution in [3.63, 3.8) is 0 Å². The summed E-state index contributed by atoms with van der Waals surface area (Å²) in [6.45, 7) is 6.71. The molecule has 3 rings (SSSR count). The molecule has 2 heterocycles. The Morgan fingerprint density at radius 2 is 2.08 bits per heavy atom. The van der Waals surface area contributed by atoms with E-state index in [0.717, 1.165) is 25.2 Å². The van der Waals surface area contributed by atoms with Gasteiger partial charge in [0.05, 0.1) is 0 Å². The highest BCUT2D eigenvalue weighted by molar-refractivity contribution is 5.94. The third kappa shape index (κ3) is 3.66. The lowest BCUT2D eigenvalue weighted by atomic mass is 10.0. The Morgan fingerprint density at radius 1 is 1.33 bits per heavy atom. The number of rotatable bonds is 4. The zero-order valence-corrected chi connectivity index (χ0v) is 14.4. The zero-order chi connectivity index (χ0) is 17.1. The largest absolute Gasteiger partial charge is 0.360 e. The van der Waals surface area contributed by atoms with E-state index in [0.29, 0.717) is 17.6 Å². The smallest absolute Gasteiger partial charge is 0.247 e. The number of carbonyl (C=O) groups excluding carboxylic acids is 1. The van der Waals surface area contributed by atoms with Gasteiger partial charge in [0, 0.05) is 31.7 Å². The summed E-state index contributed by atoms with van der Waals surface area (Å²) in [4.78, 5) is 17.6. The Bertz CT molecular complexity index is 685. The van der Waals surface area contributed by atoms with Gasteiger partial charge in [0.25, 0.3) is 0 Å². The predicted molar refractivity (Wildman–Crippen MR) is 92.7 cm³/mol. The minimum Gasteiger partial charge on any atom is -0.360 e. The fourth-order valence-corrected chi connectivity index (χ4v) is 3.29. The Kier molecular flexibility index (Phi) is 4.97. The second kappa shape index (κ2) is 7.15. The molecule has 6 nitrogen and oxygen atoms in total. The first-order valence-electron chi connectivity index (χ1n) is 8.28. The van der Waals surface area contributed by atoms with Crippen LogP contribution in [-0.4, -0.2) is 53.6 Å². The van der Waals surface area contributed by atoms with Gasteiger partial charge in [-0.3, -0.25) is 9.69 Å². The van der Waals surface area contributed by atoms with E-state index in [1.54, 1.807) is 13.0 Å². The number of hydrogen-bond acceptors (Lipinski definition) is 5. The van der Waals surface area contributed by atoms with E-state index in [-0.39, 0.29) is 11.9 Å². The van der Waals surface area contributed by atoms with Crippen molar-refractivity contribution in [3.05, 3.63) is 47.7 Å². The maximum atomic E-state index is 13.0. The molecule has 6 heteroatoms. The first kappa shape index (κ1) is 16.7. The number of nitrogens with one attached hydrogen (secondary N) is 1. The predicted octanol–water partition coefficient (Wildman–Crippen LogP) is 2.30. The molecular formula is C18H24N4O2. The van der Waals surface area contributed by atoms with Crippen LogP contribution in [0, 0.1) is 6.92 Å². The summed E-state index contributed by atoms with van der Waals surface area (Å²) in [5.41, 5.74) is 0.992. The number of amides is 1. The van der Waals surface area contributed by atoms with Gasteiger partial charge in [-0.05, 0) is 26.5 Å². The molecule has 2 atom stereocenters. The van der Waals surface area contributed by atoms with Gasteiger partial charge in [-0.15, -0.1) is 0 Å². The molecule has 1 aliphatic heterocycles. The lowest BCUT2D eigenvalue weighted by Crippen LogP contribution is -2.53. The highest BCUT2D eigenvalue weighted by atomic mass is 16.5. The number of nitrogens with zero attached hydrogens (tertiary/aromatic N) is 3. The Labute approximate surface area is 142 Å². The summed E-state index contributed by atoms with van der Waals surface area (Å²) in [6.07, 6.45) is 0. The Balaban J connectivity index is 1.86. The molecule has 1 aromatic heterocycles. The van der Waals surface area contributed by atoms with Gasteiger partial charge in [-0.25, -0.2) is 0 Å². The number of aryl methyl sites for hydroxylation is 1. The molecule has 0 unspecified atom stereocenters. The molecule has 0 aliphatic carbocycles. The minimum atomic E-state index is -0.341. The summed E-state index contributed by atoms with van der Waals surface area (Å²) < 4.78 is 5.05. The molecule has 0 bridgehead atoms. The molecule has 1 aromatic carbocycles. The van der Waals surface area contributed by atoms with Crippen LogP contribution in [0.1, 0.15) is 24.3 Å². The van der Waals surface area contributed by atoms with Crippen molar-refractivity contribution in [2.45, 2.75) is 25.9 Å². The van der Waals surface area contributed by atoms with Crippen LogP contribution in [-0.2, 0) is 4.79 Å². The highest BCUT2D eigenvalue weighted by Gasteiger charge is 2.34. The fourth-order valence-electron chi connectivity index (χ4n) is 3.29. The van der Waals surface area contributed by atoms with E-state index in [1.165, 1.54) is 0 Å². The average molecular weight is 328 g/mol. The lowest BCUT2D eigenvalue weighted by molar-refractivity contribution is -0.123. The summed E-state index contributed by atoms with van der Waals surface area (Å²) >= 11 is 0. The van der Waals surface area contributed by atoms with Crippen LogP contribution in [0.2, 0.25) is 0 Å². The normalized spacial score (nSPS) is 20.7. The van der Waals surface area contributed by atoms with Crippen LogP contribution in [0.3, 0.4) is 0 Å². The lowest BCUT2D eigenvalue weighted by Gasteiger charge is -2.42. The van der Waals surface area contributed by atoms with Crippen molar-refractivity contribution in [2.24, 2.45) is 0 Å². The third-order valence-electron chi connectivity index (χ3n) is 4.46. The molecule has 0 saturated carbocycles. The quantitative estimate of drug-likeness (QED) is 0.933. The molecule has 0 spiro atoms. The van der Waals surface area contributed by atoms with Gasteiger partial charge in [0.2, 0.25) is 5.91 Å². The van der Waals surface area contributed by atoms with E-state index in [1.807, 2.05) is 30.3 Å². The molecule has 1 saturated heterocycles. The molecular weight excluding hydrogens is 304 g/mol. The number of hydrogen-bond donors (Lipinski definition) is 1. The molecule has 1 N–H and O–H groups in total. The molecule has 24 heavy (non-hydrogen) atoms. The van der Waals surface area contributed by atoms with Crippen LogP contribution in [0.4, 0.5) is 5.82 Å². The summed E-state index contributed by atoms with van der Waals surface area (Å²) in [7, 11) is 2.11. The number of piperazine rings is 1. The van der Waals surface area contributed by atoms with Crippen LogP contribution in [0.15, 0.2) is 40.9 Å². The topological polar surface area (TPSA) is 61.6 Å². The monoisotopic (exact) mass is 328 g/mol.